The lowest BCUT2D eigenvalue weighted by Gasteiger charge is -2.15. The summed E-state index contributed by atoms with van der Waals surface area (Å²) in [5.41, 5.74) is 4.89. The second-order valence-corrected chi connectivity index (χ2v) is 5.49. The Balaban J connectivity index is 2.40. The number of nitrogens with one attached hydrogen (secondary N) is 1. The molecule has 0 radical (unpaired) electrons. The average Bonchev–Trinajstić information content (AvgIpc) is 2.65. The maximum absolute atomic E-state index is 13.0. The van der Waals surface area contributed by atoms with Crippen LogP contribution < -0.4 is 25.3 Å². The molecule has 27 heavy (non-hydrogen) atoms. The highest BCUT2D eigenvalue weighted by Gasteiger charge is 2.31. The molecule has 2 aromatic rings. The highest BCUT2D eigenvalue weighted by Crippen LogP contribution is 2.38. The number of ether oxygens (including phenoxy) is 3. The number of amides is 1. The lowest BCUT2D eigenvalue weighted by Crippen LogP contribution is -2.15. The summed E-state index contributed by atoms with van der Waals surface area (Å²) in [5, 5.41) is 2.44. The van der Waals surface area contributed by atoms with Gasteiger partial charge in [0.2, 0.25) is 5.75 Å². The summed E-state index contributed by atoms with van der Waals surface area (Å²) in [6.45, 7) is -0.100. The zero-order valence-electron chi connectivity index (χ0n) is 14.9. The third kappa shape index (κ3) is 4.62. The molecule has 0 atom stereocenters. The number of halogens is 3. The number of nitrogens with two attached hydrogens (primary N) is 1. The molecule has 1 amide bonds. The van der Waals surface area contributed by atoms with E-state index in [-0.39, 0.29) is 34.9 Å². The molecule has 0 spiro atoms. The molecule has 146 valence electrons. The van der Waals surface area contributed by atoms with Crippen molar-refractivity contribution in [1.82, 2.24) is 0 Å². The minimum absolute atomic E-state index is 0.0240. The van der Waals surface area contributed by atoms with E-state index in [1.54, 1.807) is 0 Å². The minimum atomic E-state index is -4.56. The summed E-state index contributed by atoms with van der Waals surface area (Å²) in [7, 11) is 4.19. The van der Waals surface area contributed by atoms with Crippen molar-refractivity contribution in [3.05, 3.63) is 47.0 Å². The second-order valence-electron chi connectivity index (χ2n) is 5.49. The molecule has 9 heteroatoms. The second kappa shape index (κ2) is 8.17. The van der Waals surface area contributed by atoms with Gasteiger partial charge in [0, 0.05) is 17.8 Å². The Bertz CT molecular complexity index is 813. The molecular weight excluding hydrogens is 365 g/mol. The molecule has 6 nitrogen and oxygen atoms in total. The van der Waals surface area contributed by atoms with Gasteiger partial charge in [-0.05, 0) is 35.9 Å². The van der Waals surface area contributed by atoms with Crippen LogP contribution in [-0.2, 0) is 12.7 Å². The van der Waals surface area contributed by atoms with E-state index in [1.165, 1.54) is 39.5 Å². The topological polar surface area (TPSA) is 82.8 Å². The van der Waals surface area contributed by atoms with Gasteiger partial charge in [0.15, 0.2) is 11.5 Å². The molecule has 0 aliphatic carbocycles. The molecular formula is C18H19F3N2O4. The van der Waals surface area contributed by atoms with Crippen LogP contribution in [0.5, 0.6) is 17.2 Å². The van der Waals surface area contributed by atoms with E-state index >= 15 is 0 Å². The van der Waals surface area contributed by atoms with Crippen LogP contribution in [0, 0.1) is 0 Å². The number of carbonyl (C=O) groups excluding carboxylic acids is 1. The van der Waals surface area contributed by atoms with E-state index in [2.05, 4.69) is 5.32 Å². The first-order valence-corrected chi connectivity index (χ1v) is 7.76. The number of carbonyl (C=O) groups is 1. The van der Waals surface area contributed by atoms with Gasteiger partial charge in [0.1, 0.15) is 0 Å². The molecule has 2 rings (SSSR count). The van der Waals surface area contributed by atoms with Gasteiger partial charge in [-0.15, -0.1) is 0 Å². The third-order valence-electron chi connectivity index (χ3n) is 3.74. The largest absolute Gasteiger partial charge is 0.493 e. The lowest BCUT2D eigenvalue weighted by atomic mass is 10.1. The van der Waals surface area contributed by atoms with E-state index in [0.29, 0.717) is 5.75 Å². The Kier molecular flexibility index (Phi) is 6.17. The van der Waals surface area contributed by atoms with E-state index in [1.807, 2.05) is 0 Å². The van der Waals surface area contributed by atoms with Crippen LogP contribution in [0.3, 0.4) is 0 Å². The fourth-order valence-electron chi connectivity index (χ4n) is 2.46. The van der Waals surface area contributed by atoms with Crippen LogP contribution in [0.2, 0.25) is 0 Å². The Hall–Kier alpha value is -2.94. The monoisotopic (exact) mass is 384 g/mol. The van der Waals surface area contributed by atoms with E-state index in [9.17, 15) is 18.0 Å². The van der Waals surface area contributed by atoms with E-state index in [0.717, 1.165) is 12.1 Å². The zero-order chi connectivity index (χ0) is 20.2. The first kappa shape index (κ1) is 20.4. The molecule has 2 aromatic carbocycles. The maximum Gasteiger partial charge on any atom is 0.416 e. The van der Waals surface area contributed by atoms with Gasteiger partial charge in [-0.2, -0.15) is 13.2 Å². The fraction of sp³-hybridized carbons (Fsp3) is 0.278. The standard InChI is InChI=1S/C18H19F3N2O4/c1-25-14-6-11(7-15(26-2)16(14)27-3)17(24)23-13-5-10(9-22)4-12(8-13)18(19,20)21/h4-8H,9,22H2,1-3H3,(H,23,24). The van der Waals surface area contributed by atoms with Crippen LogP contribution >= 0.6 is 0 Å². The molecule has 0 aliphatic heterocycles. The van der Waals surface area contributed by atoms with Gasteiger partial charge in [0.25, 0.3) is 5.91 Å². The Morgan fingerprint density at radius 2 is 1.59 bits per heavy atom. The average molecular weight is 384 g/mol. The number of rotatable bonds is 6. The summed E-state index contributed by atoms with van der Waals surface area (Å²) in [4.78, 5) is 12.5. The van der Waals surface area contributed by atoms with Gasteiger partial charge < -0.3 is 25.3 Å². The minimum Gasteiger partial charge on any atom is -0.493 e. The molecule has 0 aliphatic rings. The number of anilines is 1. The summed E-state index contributed by atoms with van der Waals surface area (Å²) in [5.74, 6) is 0.139. The van der Waals surface area contributed by atoms with Crippen molar-refractivity contribution in [2.75, 3.05) is 26.6 Å². The number of hydrogen-bond donors (Lipinski definition) is 2. The Morgan fingerprint density at radius 3 is 2.04 bits per heavy atom. The van der Waals surface area contributed by atoms with Crippen molar-refractivity contribution in [1.29, 1.82) is 0 Å². The third-order valence-corrected chi connectivity index (χ3v) is 3.74. The maximum atomic E-state index is 13.0. The number of methoxy groups -OCH3 is 3. The van der Waals surface area contributed by atoms with E-state index in [4.69, 9.17) is 19.9 Å². The number of benzene rings is 2. The predicted octanol–water partition coefficient (Wildman–Crippen LogP) is 3.44. The molecule has 0 heterocycles. The number of alkyl halides is 3. The summed E-state index contributed by atoms with van der Waals surface area (Å²) < 4.78 is 54.6. The molecule has 0 unspecified atom stereocenters. The first-order valence-electron chi connectivity index (χ1n) is 7.76. The van der Waals surface area contributed by atoms with Crippen LogP contribution in [-0.4, -0.2) is 27.2 Å². The van der Waals surface area contributed by atoms with Gasteiger partial charge in [-0.25, -0.2) is 0 Å². The van der Waals surface area contributed by atoms with Crippen LogP contribution in [0.4, 0.5) is 18.9 Å². The molecule has 0 saturated carbocycles. The predicted molar refractivity (Wildman–Crippen MR) is 93.4 cm³/mol. The van der Waals surface area contributed by atoms with Crippen molar-refractivity contribution < 1.29 is 32.2 Å². The van der Waals surface area contributed by atoms with Gasteiger partial charge in [-0.1, -0.05) is 0 Å². The normalized spacial score (nSPS) is 11.1. The van der Waals surface area contributed by atoms with Crippen LogP contribution in [0.25, 0.3) is 0 Å². The van der Waals surface area contributed by atoms with Crippen LogP contribution in [0.1, 0.15) is 21.5 Å². The summed E-state index contributed by atoms with van der Waals surface area (Å²) in [6, 6.07) is 5.96. The first-order chi connectivity index (χ1) is 12.7. The van der Waals surface area contributed by atoms with Gasteiger partial charge in [0.05, 0.1) is 26.9 Å². The molecule has 0 aromatic heterocycles. The van der Waals surface area contributed by atoms with Crippen LogP contribution in [0.15, 0.2) is 30.3 Å². The lowest BCUT2D eigenvalue weighted by molar-refractivity contribution is -0.137. The fourth-order valence-corrected chi connectivity index (χ4v) is 2.46. The molecule has 0 bridgehead atoms. The summed E-state index contributed by atoms with van der Waals surface area (Å²) in [6.07, 6.45) is -4.56. The van der Waals surface area contributed by atoms with Crippen molar-refractivity contribution in [3.63, 3.8) is 0 Å². The van der Waals surface area contributed by atoms with Gasteiger partial charge >= 0.3 is 6.18 Å². The molecule has 0 saturated heterocycles. The van der Waals surface area contributed by atoms with Crippen molar-refractivity contribution in [2.24, 2.45) is 5.73 Å². The zero-order valence-corrected chi connectivity index (χ0v) is 14.9. The van der Waals surface area contributed by atoms with Crippen molar-refractivity contribution in [3.8, 4) is 17.2 Å². The SMILES string of the molecule is COc1cc(C(=O)Nc2cc(CN)cc(C(F)(F)F)c2)cc(OC)c1OC. The molecule has 0 fully saturated rings. The quantitative estimate of drug-likeness (QED) is 0.797. The highest BCUT2D eigenvalue weighted by atomic mass is 19.4. The van der Waals surface area contributed by atoms with Crippen molar-refractivity contribution >= 4 is 11.6 Å². The highest BCUT2D eigenvalue weighted by molar-refractivity contribution is 6.05. The smallest absolute Gasteiger partial charge is 0.416 e. The summed E-state index contributed by atoms with van der Waals surface area (Å²) >= 11 is 0. The van der Waals surface area contributed by atoms with Gasteiger partial charge in [-0.3, -0.25) is 4.79 Å². The number of hydrogen-bond acceptors (Lipinski definition) is 5. The van der Waals surface area contributed by atoms with E-state index < -0.39 is 17.6 Å². The van der Waals surface area contributed by atoms with Crippen molar-refractivity contribution in [2.45, 2.75) is 12.7 Å². The Labute approximate surface area is 154 Å². The molecule has 3 N–H and O–H groups in total. The Morgan fingerprint density at radius 1 is 1.00 bits per heavy atom.